The van der Waals surface area contributed by atoms with Crippen molar-refractivity contribution in [2.45, 2.75) is 13.5 Å². The van der Waals surface area contributed by atoms with Crippen molar-refractivity contribution in [1.82, 2.24) is 30.7 Å². The minimum absolute atomic E-state index is 0.0470. The van der Waals surface area contributed by atoms with Crippen LogP contribution < -0.4 is 31.1 Å². The number of nitrogens with two attached hydrogens (primary N) is 2. The zero-order valence-electron chi connectivity index (χ0n) is 20.1. The van der Waals surface area contributed by atoms with Crippen LogP contribution in [-0.2, 0) is 11.4 Å². The van der Waals surface area contributed by atoms with E-state index < -0.39 is 11.8 Å². The van der Waals surface area contributed by atoms with Gasteiger partial charge in [-0.25, -0.2) is 10.1 Å². The number of ether oxygens (including phenoxy) is 3. The van der Waals surface area contributed by atoms with Crippen LogP contribution in [0, 0.1) is 0 Å². The molecule has 196 valence electrons. The van der Waals surface area contributed by atoms with Crippen molar-refractivity contribution >= 4 is 23.8 Å². The minimum Gasteiger partial charge on any atom is -0.490 e. The average molecular weight is 521 g/mol. The van der Waals surface area contributed by atoms with Crippen LogP contribution >= 0.6 is 0 Å². The van der Waals surface area contributed by atoms with Crippen LogP contribution in [0.15, 0.2) is 58.3 Å². The molecule has 0 aliphatic rings. The molecule has 0 aliphatic heterocycles. The minimum atomic E-state index is -0.666. The standard InChI is InChI=1S/C23H23N9O6/c1-2-35-18-10-14(8-9-17(18)37-13-19(24)33)11-26-28-23(34)20-16(12-36-15-6-4-3-5-7-15)32(31-27-20)22-21(25)29-38-30-22/h3-11H,2,12-13H2,1H3,(H2,24,33)(H2,25,29)(H,28,34)/b26-11-. The maximum absolute atomic E-state index is 12.9. The number of primary amides is 1. The highest BCUT2D eigenvalue weighted by molar-refractivity contribution is 5.94. The monoisotopic (exact) mass is 521 g/mol. The zero-order valence-corrected chi connectivity index (χ0v) is 20.1. The number of nitrogen functional groups attached to an aromatic ring is 1. The van der Waals surface area contributed by atoms with E-state index in [4.69, 9.17) is 25.7 Å². The Morgan fingerprint density at radius 2 is 1.92 bits per heavy atom. The normalized spacial score (nSPS) is 10.9. The Labute approximate surface area is 215 Å². The second-order valence-corrected chi connectivity index (χ2v) is 7.46. The Kier molecular flexibility index (Phi) is 8.08. The molecule has 4 aromatic rings. The van der Waals surface area contributed by atoms with E-state index >= 15 is 0 Å². The van der Waals surface area contributed by atoms with E-state index in [0.29, 0.717) is 29.4 Å². The van der Waals surface area contributed by atoms with Crippen LogP contribution in [0.2, 0.25) is 0 Å². The molecule has 0 unspecified atom stereocenters. The van der Waals surface area contributed by atoms with E-state index in [-0.39, 0.29) is 36.2 Å². The summed E-state index contributed by atoms with van der Waals surface area (Å²) in [6, 6.07) is 13.8. The van der Waals surface area contributed by atoms with Crippen molar-refractivity contribution in [2.24, 2.45) is 10.8 Å². The number of rotatable bonds is 12. The first-order valence-electron chi connectivity index (χ1n) is 11.2. The summed E-state index contributed by atoms with van der Waals surface area (Å²) in [5, 5.41) is 19.1. The lowest BCUT2D eigenvalue weighted by atomic mass is 10.2. The predicted octanol–water partition coefficient (Wildman–Crippen LogP) is 0.838. The van der Waals surface area contributed by atoms with Gasteiger partial charge in [0, 0.05) is 0 Å². The van der Waals surface area contributed by atoms with Crippen LogP contribution in [0.4, 0.5) is 5.82 Å². The highest BCUT2D eigenvalue weighted by Gasteiger charge is 2.24. The van der Waals surface area contributed by atoms with E-state index in [1.54, 1.807) is 49.4 Å². The van der Waals surface area contributed by atoms with Gasteiger partial charge in [-0.15, -0.1) is 5.10 Å². The molecule has 0 saturated heterocycles. The Bertz CT molecular complexity index is 1430. The summed E-state index contributed by atoms with van der Waals surface area (Å²) in [6.07, 6.45) is 1.39. The van der Waals surface area contributed by atoms with Crippen LogP contribution in [0.3, 0.4) is 0 Å². The van der Waals surface area contributed by atoms with E-state index in [1.807, 2.05) is 6.07 Å². The number of hydrogen-bond acceptors (Lipinski definition) is 12. The van der Waals surface area contributed by atoms with Crippen molar-refractivity contribution in [3.63, 3.8) is 0 Å². The molecule has 38 heavy (non-hydrogen) atoms. The molecule has 0 radical (unpaired) electrons. The molecule has 5 N–H and O–H groups in total. The largest absolute Gasteiger partial charge is 0.490 e. The first-order chi connectivity index (χ1) is 18.5. The lowest BCUT2D eigenvalue weighted by Gasteiger charge is -2.11. The van der Waals surface area contributed by atoms with E-state index in [0.717, 1.165) is 0 Å². The fourth-order valence-corrected chi connectivity index (χ4v) is 3.14. The van der Waals surface area contributed by atoms with Crippen LogP contribution in [0.25, 0.3) is 5.82 Å². The summed E-state index contributed by atoms with van der Waals surface area (Å²) in [5.41, 5.74) is 14.1. The quantitative estimate of drug-likeness (QED) is 0.176. The highest BCUT2D eigenvalue weighted by Crippen LogP contribution is 2.28. The SMILES string of the molecule is CCOc1cc(/C=N\NC(=O)c2nnn(-c3nonc3N)c2COc2ccccc2)ccc1OCC(N)=O. The average Bonchev–Trinajstić information content (AvgIpc) is 3.53. The van der Waals surface area contributed by atoms with E-state index in [2.05, 4.69) is 35.8 Å². The Morgan fingerprint density at radius 1 is 1.11 bits per heavy atom. The van der Waals surface area contributed by atoms with Gasteiger partial charge in [-0.2, -0.15) is 9.78 Å². The summed E-state index contributed by atoms with van der Waals surface area (Å²) in [4.78, 5) is 23.9. The number of carbonyl (C=O) groups is 2. The van der Waals surface area contributed by atoms with Gasteiger partial charge in [0.1, 0.15) is 18.1 Å². The molecule has 2 amide bonds. The van der Waals surface area contributed by atoms with Crippen molar-refractivity contribution < 1.29 is 28.4 Å². The molecule has 15 heteroatoms. The lowest BCUT2D eigenvalue weighted by Crippen LogP contribution is -2.21. The first kappa shape index (κ1) is 25.6. The molecule has 2 heterocycles. The number of hydrazone groups is 1. The fourth-order valence-electron chi connectivity index (χ4n) is 3.14. The number of para-hydroxylation sites is 1. The van der Waals surface area contributed by atoms with Crippen LogP contribution in [0.5, 0.6) is 17.2 Å². The number of carbonyl (C=O) groups excluding carboxylic acids is 2. The van der Waals surface area contributed by atoms with Gasteiger partial charge in [0.2, 0.25) is 11.6 Å². The lowest BCUT2D eigenvalue weighted by molar-refractivity contribution is -0.119. The molecule has 0 atom stereocenters. The Hall–Kier alpha value is -5.47. The summed E-state index contributed by atoms with van der Waals surface area (Å²) in [7, 11) is 0. The fraction of sp³-hybridized carbons (Fsp3) is 0.174. The maximum atomic E-state index is 12.9. The van der Waals surface area contributed by atoms with Crippen molar-refractivity contribution in [3.8, 4) is 23.1 Å². The van der Waals surface area contributed by atoms with E-state index in [1.165, 1.54) is 10.9 Å². The Morgan fingerprint density at radius 3 is 2.63 bits per heavy atom. The molecule has 15 nitrogen and oxygen atoms in total. The number of aromatic nitrogens is 5. The topological polar surface area (TPSA) is 208 Å². The van der Waals surface area contributed by atoms with E-state index in [9.17, 15) is 9.59 Å². The van der Waals surface area contributed by atoms with Gasteiger partial charge >= 0.3 is 0 Å². The second-order valence-electron chi connectivity index (χ2n) is 7.46. The number of nitrogens with zero attached hydrogens (tertiary/aromatic N) is 6. The van der Waals surface area contributed by atoms with Gasteiger partial charge in [0.25, 0.3) is 11.8 Å². The van der Waals surface area contributed by atoms with Gasteiger partial charge in [-0.3, -0.25) is 9.59 Å². The molecule has 0 bridgehead atoms. The predicted molar refractivity (Wildman–Crippen MR) is 132 cm³/mol. The van der Waals surface area contributed by atoms with Crippen molar-refractivity contribution in [3.05, 3.63) is 65.5 Å². The number of benzene rings is 2. The molecule has 4 rings (SSSR count). The van der Waals surface area contributed by atoms with Crippen LogP contribution in [0.1, 0.15) is 28.7 Å². The number of anilines is 1. The third-order valence-corrected chi connectivity index (χ3v) is 4.81. The van der Waals surface area contributed by atoms with Gasteiger partial charge in [0.15, 0.2) is 23.8 Å². The third-order valence-electron chi connectivity index (χ3n) is 4.81. The molecule has 0 spiro atoms. The maximum Gasteiger partial charge on any atom is 0.293 e. The highest BCUT2D eigenvalue weighted by atomic mass is 16.6. The third kappa shape index (κ3) is 6.20. The first-order valence-corrected chi connectivity index (χ1v) is 11.2. The van der Waals surface area contributed by atoms with Gasteiger partial charge in [-0.05, 0) is 53.1 Å². The zero-order chi connectivity index (χ0) is 26.9. The van der Waals surface area contributed by atoms with Gasteiger partial charge in [0.05, 0.1) is 12.8 Å². The number of nitrogens with one attached hydrogen (secondary N) is 1. The summed E-state index contributed by atoms with van der Waals surface area (Å²) >= 11 is 0. The summed E-state index contributed by atoms with van der Waals surface area (Å²) in [6.45, 7) is 1.77. The molecule has 2 aromatic heterocycles. The number of hydrogen-bond donors (Lipinski definition) is 3. The van der Waals surface area contributed by atoms with Crippen LogP contribution in [-0.4, -0.2) is 56.5 Å². The molecule has 0 fully saturated rings. The molecule has 0 aliphatic carbocycles. The van der Waals surface area contributed by atoms with Gasteiger partial charge in [-0.1, -0.05) is 23.4 Å². The van der Waals surface area contributed by atoms with Crippen molar-refractivity contribution in [1.29, 1.82) is 0 Å². The molecule has 0 saturated carbocycles. The summed E-state index contributed by atoms with van der Waals surface area (Å²) in [5.74, 6) is 0.000832. The summed E-state index contributed by atoms with van der Waals surface area (Å²) < 4.78 is 22.5. The van der Waals surface area contributed by atoms with Gasteiger partial charge < -0.3 is 25.7 Å². The number of amides is 2. The molecule has 2 aromatic carbocycles. The molecular formula is C23H23N9O6. The molecular weight excluding hydrogens is 498 g/mol. The van der Waals surface area contributed by atoms with Crippen molar-refractivity contribution in [2.75, 3.05) is 18.9 Å². The smallest absolute Gasteiger partial charge is 0.293 e. The Balaban J connectivity index is 1.51. The second kappa shape index (κ2) is 12.0.